The van der Waals surface area contributed by atoms with E-state index in [-0.39, 0.29) is 25.3 Å². The highest BCUT2D eigenvalue weighted by Crippen LogP contribution is 2.45. The zero-order valence-corrected chi connectivity index (χ0v) is 23.4. The number of ether oxygens (including phenoxy) is 1. The SMILES string of the molecule is Cn1nc(C(C)(C)CO)cc1Nc1nccc(-c2cc(C#N)c3c(c2)C(C)(CO)CN3C(=O)OC(C)(C)C)n1. The molecule has 1 unspecified atom stereocenters. The summed E-state index contributed by atoms with van der Waals surface area (Å²) >= 11 is 0. The van der Waals surface area contributed by atoms with Crippen LogP contribution in [0, 0.1) is 11.3 Å². The molecular weight excluding hydrogens is 498 g/mol. The van der Waals surface area contributed by atoms with Crippen molar-refractivity contribution in [1.29, 1.82) is 5.26 Å². The first-order valence-electron chi connectivity index (χ1n) is 12.7. The number of hydrogen-bond acceptors (Lipinski definition) is 9. The average molecular weight is 534 g/mol. The molecule has 1 atom stereocenters. The molecule has 1 aliphatic heterocycles. The first-order valence-corrected chi connectivity index (χ1v) is 12.7. The van der Waals surface area contributed by atoms with E-state index in [2.05, 4.69) is 26.5 Å². The van der Waals surface area contributed by atoms with Gasteiger partial charge >= 0.3 is 6.09 Å². The minimum absolute atomic E-state index is 0.0485. The zero-order chi connectivity index (χ0) is 28.8. The molecular formula is C28H35N7O4. The molecule has 1 aromatic carbocycles. The normalized spacial score (nSPS) is 17.1. The number of carbonyl (C=O) groups is 1. The van der Waals surface area contributed by atoms with Gasteiger partial charge in [-0.15, -0.1) is 0 Å². The summed E-state index contributed by atoms with van der Waals surface area (Å²) in [6.07, 6.45) is 1.04. The van der Waals surface area contributed by atoms with E-state index in [0.29, 0.717) is 34.3 Å². The molecule has 3 heterocycles. The fourth-order valence-corrected chi connectivity index (χ4v) is 4.43. The minimum Gasteiger partial charge on any atom is -0.443 e. The Hall–Kier alpha value is -4.01. The Morgan fingerprint density at radius 3 is 2.56 bits per heavy atom. The van der Waals surface area contributed by atoms with Crippen LogP contribution in [0.5, 0.6) is 0 Å². The fraction of sp³-hybridized carbons (Fsp3) is 0.464. The van der Waals surface area contributed by atoms with Crippen molar-refractivity contribution in [2.24, 2.45) is 7.05 Å². The average Bonchev–Trinajstić information content (AvgIpc) is 3.41. The van der Waals surface area contributed by atoms with Crippen LogP contribution in [0.15, 0.2) is 30.5 Å². The van der Waals surface area contributed by atoms with E-state index in [4.69, 9.17) is 4.74 Å². The number of aryl methyl sites for hydroxylation is 1. The lowest BCUT2D eigenvalue weighted by atomic mass is 9.83. The van der Waals surface area contributed by atoms with Gasteiger partial charge in [0, 0.05) is 42.2 Å². The summed E-state index contributed by atoms with van der Waals surface area (Å²) in [7, 11) is 1.79. The maximum atomic E-state index is 13.0. The van der Waals surface area contributed by atoms with E-state index < -0.39 is 22.5 Å². The van der Waals surface area contributed by atoms with Crippen molar-refractivity contribution < 1.29 is 19.7 Å². The van der Waals surface area contributed by atoms with Crippen LogP contribution in [-0.2, 0) is 22.6 Å². The molecule has 0 radical (unpaired) electrons. The molecule has 3 aromatic rings. The number of hydrogen-bond donors (Lipinski definition) is 3. The summed E-state index contributed by atoms with van der Waals surface area (Å²) in [6, 6.07) is 9.31. The van der Waals surface area contributed by atoms with E-state index in [1.165, 1.54) is 4.90 Å². The molecule has 1 amide bonds. The summed E-state index contributed by atoms with van der Waals surface area (Å²) in [4.78, 5) is 23.5. The smallest absolute Gasteiger partial charge is 0.414 e. The predicted molar refractivity (Wildman–Crippen MR) is 147 cm³/mol. The maximum absolute atomic E-state index is 13.0. The summed E-state index contributed by atoms with van der Waals surface area (Å²) in [6.45, 7) is 10.9. The highest BCUT2D eigenvalue weighted by molar-refractivity contribution is 5.95. The summed E-state index contributed by atoms with van der Waals surface area (Å²) in [5.74, 6) is 0.972. The number of anilines is 3. The number of benzene rings is 1. The molecule has 0 saturated heterocycles. The molecule has 0 spiro atoms. The molecule has 11 heteroatoms. The van der Waals surface area contributed by atoms with Gasteiger partial charge in [0.25, 0.3) is 0 Å². The molecule has 206 valence electrons. The van der Waals surface area contributed by atoms with Crippen molar-refractivity contribution in [2.75, 3.05) is 30.0 Å². The molecule has 4 rings (SSSR count). The minimum atomic E-state index is -0.799. The Kier molecular flexibility index (Phi) is 7.14. The van der Waals surface area contributed by atoms with Gasteiger partial charge < -0.3 is 20.3 Å². The second kappa shape index (κ2) is 9.94. The molecule has 0 bridgehead atoms. The second-order valence-electron chi connectivity index (χ2n) is 11.8. The van der Waals surface area contributed by atoms with E-state index in [0.717, 1.165) is 5.69 Å². The van der Waals surface area contributed by atoms with Crippen LogP contribution in [0.3, 0.4) is 0 Å². The molecule has 0 aliphatic carbocycles. The molecule has 3 N–H and O–H groups in total. The molecule has 39 heavy (non-hydrogen) atoms. The first-order chi connectivity index (χ1) is 18.2. The van der Waals surface area contributed by atoms with Gasteiger partial charge in [-0.2, -0.15) is 10.4 Å². The lowest BCUT2D eigenvalue weighted by Gasteiger charge is -2.26. The quantitative estimate of drug-likeness (QED) is 0.430. The third kappa shape index (κ3) is 5.44. The number of aromatic nitrogens is 4. The number of rotatable bonds is 6. The Morgan fingerprint density at radius 2 is 1.95 bits per heavy atom. The highest BCUT2D eigenvalue weighted by Gasteiger charge is 2.44. The molecule has 11 nitrogen and oxygen atoms in total. The number of aliphatic hydroxyl groups is 2. The number of aliphatic hydroxyl groups excluding tert-OH is 2. The monoisotopic (exact) mass is 533 g/mol. The van der Waals surface area contributed by atoms with Crippen molar-refractivity contribution in [1.82, 2.24) is 19.7 Å². The molecule has 2 aromatic heterocycles. The molecule has 1 aliphatic rings. The van der Waals surface area contributed by atoms with E-state index in [1.807, 2.05) is 32.9 Å². The summed E-state index contributed by atoms with van der Waals surface area (Å²) in [5, 5.41) is 37.7. The number of nitrogens with one attached hydrogen (secondary N) is 1. The largest absolute Gasteiger partial charge is 0.443 e. The lowest BCUT2D eigenvalue weighted by molar-refractivity contribution is 0.0575. The third-order valence-corrected chi connectivity index (χ3v) is 6.78. The number of nitrogens with zero attached hydrogens (tertiary/aromatic N) is 6. The van der Waals surface area contributed by atoms with Crippen LogP contribution < -0.4 is 10.2 Å². The van der Waals surface area contributed by atoms with Crippen LogP contribution in [0.1, 0.15) is 58.4 Å². The number of fused-ring (bicyclic) bond motifs is 1. The van der Waals surface area contributed by atoms with Gasteiger partial charge in [0.15, 0.2) is 0 Å². The van der Waals surface area contributed by atoms with Crippen LogP contribution in [-0.4, -0.2) is 61.4 Å². The summed E-state index contributed by atoms with van der Waals surface area (Å²) in [5.41, 5.74) is 1.29. The van der Waals surface area contributed by atoms with Crippen LogP contribution in [0.2, 0.25) is 0 Å². The summed E-state index contributed by atoms with van der Waals surface area (Å²) < 4.78 is 7.25. The predicted octanol–water partition coefficient (Wildman–Crippen LogP) is 3.77. The first kappa shape index (κ1) is 28.0. The second-order valence-corrected chi connectivity index (χ2v) is 11.8. The number of amides is 1. The third-order valence-electron chi connectivity index (χ3n) is 6.78. The Labute approximate surface area is 228 Å². The van der Waals surface area contributed by atoms with Crippen LogP contribution in [0.4, 0.5) is 22.2 Å². The van der Waals surface area contributed by atoms with Gasteiger partial charge in [-0.25, -0.2) is 14.8 Å². The van der Waals surface area contributed by atoms with Crippen molar-refractivity contribution in [3.63, 3.8) is 0 Å². The Bertz CT molecular complexity index is 1450. The van der Waals surface area contributed by atoms with Crippen molar-refractivity contribution in [2.45, 2.75) is 58.0 Å². The lowest BCUT2D eigenvalue weighted by Crippen LogP contribution is -2.40. The maximum Gasteiger partial charge on any atom is 0.414 e. The highest BCUT2D eigenvalue weighted by atomic mass is 16.6. The fourth-order valence-electron chi connectivity index (χ4n) is 4.43. The van der Waals surface area contributed by atoms with Crippen LogP contribution >= 0.6 is 0 Å². The van der Waals surface area contributed by atoms with Gasteiger partial charge in [0.1, 0.15) is 17.5 Å². The molecule has 0 saturated carbocycles. The van der Waals surface area contributed by atoms with Crippen LogP contribution in [0.25, 0.3) is 11.3 Å². The van der Waals surface area contributed by atoms with Crippen molar-refractivity contribution >= 4 is 23.5 Å². The Balaban J connectivity index is 1.73. The van der Waals surface area contributed by atoms with Crippen molar-refractivity contribution in [3.05, 3.63) is 47.3 Å². The number of carbonyl (C=O) groups excluding carboxylic acids is 1. The van der Waals surface area contributed by atoms with E-state index in [1.54, 1.807) is 50.8 Å². The molecule has 0 fully saturated rings. The Morgan fingerprint density at radius 1 is 1.23 bits per heavy atom. The number of nitriles is 1. The van der Waals surface area contributed by atoms with Gasteiger partial charge in [0.05, 0.1) is 35.9 Å². The topological polar surface area (TPSA) is 149 Å². The standard InChI is InChI=1S/C28H35N7O4/c1-26(2,3)39-25(38)35-14-28(6,16-37)19-11-17(10-18(13-29)23(19)35)20-8-9-30-24(31-20)32-22-12-21(33-34(22)7)27(4,5)15-36/h8-12,36-37H,14-16H2,1-7H3,(H,30,31,32). The van der Waals surface area contributed by atoms with Gasteiger partial charge in [0.2, 0.25) is 5.95 Å². The zero-order valence-electron chi connectivity index (χ0n) is 23.4. The van der Waals surface area contributed by atoms with Gasteiger partial charge in [-0.3, -0.25) is 9.58 Å². The van der Waals surface area contributed by atoms with E-state index >= 15 is 0 Å². The van der Waals surface area contributed by atoms with Crippen molar-refractivity contribution in [3.8, 4) is 17.3 Å². The van der Waals surface area contributed by atoms with Gasteiger partial charge in [-0.05, 0) is 44.5 Å². The van der Waals surface area contributed by atoms with Gasteiger partial charge in [-0.1, -0.05) is 20.8 Å². The van der Waals surface area contributed by atoms with E-state index in [9.17, 15) is 20.3 Å².